The van der Waals surface area contributed by atoms with Gasteiger partial charge in [0.15, 0.2) is 0 Å². The number of alkyl halides is 3. The van der Waals surface area contributed by atoms with Crippen LogP contribution in [0.5, 0.6) is 0 Å². The van der Waals surface area contributed by atoms with E-state index in [0.717, 1.165) is 0 Å². The lowest BCUT2D eigenvalue weighted by molar-refractivity contribution is -0.0495. The molecule has 0 unspecified atom stereocenters. The van der Waals surface area contributed by atoms with Crippen LogP contribution < -0.4 is 5.32 Å². The van der Waals surface area contributed by atoms with Crippen molar-refractivity contribution in [2.75, 3.05) is 13.1 Å². The average Bonchev–Trinajstić information content (AvgIpc) is 2.25. The number of nitrogens with zero attached hydrogens (tertiary/aromatic N) is 1. The molecule has 0 saturated carbocycles. The van der Waals surface area contributed by atoms with Crippen LogP contribution in [0.2, 0.25) is 0 Å². The second-order valence-corrected chi connectivity index (χ2v) is 7.70. The number of ether oxygens (including phenoxy) is 1. The minimum atomic E-state index is -5.29. The molecule has 1 amide bonds. The van der Waals surface area contributed by atoms with Gasteiger partial charge in [-0.1, -0.05) is 0 Å². The van der Waals surface area contributed by atoms with Crippen LogP contribution in [0.4, 0.5) is 18.0 Å². The molecule has 0 atom stereocenters. The molecule has 1 aliphatic rings. The smallest absolute Gasteiger partial charge is 0.444 e. The van der Waals surface area contributed by atoms with E-state index in [1.54, 1.807) is 20.8 Å². The Labute approximate surface area is 121 Å². The maximum Gasteiger partial charge on any atom is 0.511 e. The van der Waals surface area contributed by atoms with Crippen molar-refractivity contribution in [1.29, 1.82) is 0 Å². The quantitative estimate of drug-likeness (QED) is 0.837. The van der Waals surface area contributed by atoms with Gasteiger partial charge in [0.1, 0.15) is 5.60 Å². The molecule has 1 rings (SSSR count). The third kappa shape index (κ3) is 5.03. The van der Waals surface area contributed by atoms with Crippen LogP contribution in [0.1, 0.15) is 33.6 Å². The minimum absolute atomic E-state index is 0.106. The highest BCUT2D eigenvalue weighted by Crippen LogP contribution is 2.28. The predicted molar refractivity (Wildman–Crippen MR) is 68.9 cm³/mol. The highest BCUT2D eigenvalue weighted by atomic mass is 32.2. The van der Waals surface area contributed by atoms with E-state index in [1.165, 1.54) is 0 Å². The van der Waals surface area contributed by atoms with Crippen molar-refractivity contribution in [3.8, 4) is 0 Å². The molecule has 1 saturated heterocycles. The average molecular weight is 332 g/mol. The molecular weight excluding hydrogens is 313 g/mol. The Bertz CT molecular complexity index is 477. The van der Waals surface area contributed by atoms with Crippen molar-refractivity contribution >= 4 is 16.1 Å². The first-order chi connectivity index (χ1) is 9.33. The lowest BCUT2D eigenvalue weighted by atomic mass is 10.1. The number of nitrogens with one attached hydrogen (secondary N) is 1. The molecule has 0 aromatic carbocycles. The van der Waals surface area contributed by atoms with Gasteiger partial charge in [-0.2, -0.15) is 17.5 Å². The molecule has 0 bridgehead atoms. The molecule has 1 fully saturated rings. The topological polar surface area (TPSA) is 75.7 Å². The van der Waals surface area contributed by atoms with E-state index < -0.39 is 33.3 Å². The summed E-state index contributed by atoms with van der Waals surface area (Å²) < 4.78 is 65.0. The fourth-order valence-corrected chi connectivity index (χ4v) is 2.85. The van der Waals surface area contributed by atoms with E-state index in [4.69, 9.17) is 4.74 Å². The van der Waals surface area contributed by atoms with Crippen LogP contribution >= 0.6 is 0 Å². The van der Waals surface area contributed by atoms with Crippen molar-refractivity contribution in [3.63, 3.8) is 0 Å². The molecule has 21 heavy (non-hydrogen) atoms. The van der Waals surface area contributed by atoms with Gasteiger partial charge in [-0.3, -0.25) is 0 Å². The number of hydrogen-bond donors (Lipinski definition) is 1. The lowest BCUT2D eigenvalue weighted by Crippen LogP contribution is -2.50. The molecule has 0 aliphatic carbocycles. The molecule has 1 N–H and O–H groups in total. The predicted octanol–water partition coefficient (Wildman–Crippen LogP) is 1.83. The fraction of sp³-hybridized carbons (Fsp3) is 0.909. The Hall–Kier alpha value is -1.03. The maximum atomic E-state index is 12.4. The zero-order chi connectivity index (χ0) is 16.5. The summed E-state index contributed by atoms with van der Waals surface area (Å²) in [5.41, 5.74) is -5.97. The third-order valence-electron chi connectivity index (χ3n) is 2.81. The van der Waals surface area contributed by atoms with Crippen molar-refractivity contribution in [1.82, 2.24) is 9.62 Å². The first-order valence-electron chi connectivity index (χ1n) is 6.39. The van der Waals surface area contributed by atoms with E-state index in [-0.39, 0.29) is 25.9 Å². The van der Waals surface area contributed by atoms with Crippen LogP contribution in [-0.4, -0.2) is 49.1 Å². The molecule has 0 aromatic rings. The SMILES string of the molecule is CC(C)(C)OC(=O)NC1CCN(S(=O)(=O)C(F)(F)F)CC1. The standard InChI is InChI=1S/C11H19F3N2O4S/c1-10(2,3)20-9(17)15-8-4-6-16(7-5-8)21(18,19)11(12,13)14/h8H,4-7H2,1-3H3,(H,15,17). The van der Waals surface area contributed by atoms with E-state index in [1.807, 2.05) is 0 Å². The molecule has 6 nitrogen and oxygen atoms in total. The lowest BCUT2D eigenvalue weighted by Gasteiger charge is -2.32. The zero-order valence-corrected chi connectivity index (χ0v) is 12.8. The number of alkyl carbamates (subject to hydrolysis) is 1. The highest BCUT2D eigenvalue weighted by Gasteiger charge is 2.50. The normalized spacial score (nSPS) is 19.3. The molecule has 124 valence electrons. The summed E-state index contributed by atoms with van der Waals surface area (Å²) in [7, 11) is -5.29. The highest BCUT2D eigenvalue weighted by molar-refractivity contribution is 7.90. The number of hydrogen-bond acceptors (Lipinski definition) is 4. The van der Waals surface area contributed by atoms with Crippen molar-refractivity contribution < 1.29 is 31.1 Å². The zero-order valence-electron chi connectivity index (χ0n) is 12.0. The van der Waals surface area contributed by atoms with Gasteiger partial charge in [-0.05, 0) is 33.6 Å². The summed E-state index contributed by atoms with van der Waals surface area (Å²) >= 11 is 0. The van der Waals surface area contributed by atoms with Gasteiger partial charge in [0.25, 0.3) is 0 Å². The third-order valence-corrected chi connectivity index (χ3v) is 4.44. The van der Waals surface area contributed by atoms with E-state index in [9.17, 15) is 26.4 Å². The molecule has 0 radical (unpaired) electrons. The van der Waals surface area contributed by atoms with Crippen LogP contribution in [0, 0.1) is 0 Å². The molecule has 0 spiro atoms. The Kier molecular flexibility index (Phi) is 5.14. The number of sulfonamides is 1. The summed E-state index contributed by atoms with van der Waals surface area (Å²) in [6, 6.07) is -0.403. The maximum absolute atomic E-state index is 12.4. The van der Waals surface area contributed by atoms with Crippen LogP contribution in [0.25, 0.3) is 0 Å². The largest absolute Gasteiger partial charge is 0.511 e. The number of piperidine rings is 1. The number of carbonyl (C=O) groups excluding carboxylic acids is 1. The minimum Gasteiger partial charge on any atom is -0.444 e. The Morgan fingerprint density at radius 3 is 2.05 bits per heavy atom. The summed E-state index contributed by atoms with van der Waals surface area (Å²) in [6.07, 6.45) is -0.456. The monoisotopic (exact) mass is 332 g/mol. The number of halogens is 3. The van der Waals surface area contributed by atoms with E-state index in [2.05, 4.69) is 5.32 Å². The molecular formula is C11H19F3N2O4S. The van der Waals surface area contributed by atoms with Gasteiger partial charge in [-0.15, -0.1) is 0 Å². The Morgan fingerprint density at radius 2 is 1.67 bits per heavy atom. The summed E-state index contributed by atoms with van der Waals surface area (Å²) in [4.78, 5) is 11.5. The van der Waals surface area contributed by atoms with Gasteiger partial charge in [0, 0.05) is 19.1 Å². The molecule has 1 heterocycles. The first-order valence-corrected chi connectivity index (χ1v) is 7.83. The molecule has 10 heteroatoms. The van der Waals surface area contributed by atoms with Crippen molar-refractivity contribution in [2.45, 2.75) is 50.8 Å². The van der Waals surface area contributed by atoms with E-state index in [0.29, 0.717) is 4.31 Å². The number of amides is 1. The van der Waals surface area contributed by atoms with Crippen LogP contribution in [0.15, 0.2) is 0 Å². The summed E-state index contributed by atoms with van der Waals surface area (Å²) in [5, 5.41) is 2.52. The van der Waals surface area contributed by atoms with E-state index >= 15 is 0 Å². The van der Waals surface area contributed by atoms with Gasteiger partial charge in [0.05, 0.1) is 0 Å². The van der Waals surface area contributed by atoms with Crippen molar-refractivity contribution in [2.24, 2.45) is 0 Å². The second-order valence-electron chi connectivity index (χ2n) is 5.77. The number of carbonyl (C=O) groups is 1. The van der Waals surface area contributed by atoms with Gasteiger partial charge in [-0.25, -0.2) is 13.2 Å². The summed E-state index contributed by atoms with van der Waals surface area (Å²) in [5.74, 6) is 0. The van der Waals surface area contributed by atoms with Crippen LogP contribution in [-0.2, 0) is 14.8 Å². The Balaban J connectivity index is 2.52. The fourth-order valence-electron chi connectivity index (χ4n) is 1.86. The molecule has 0 aromatic heterocycles. The van der Waals surface area contributed by atoms with Crippen molar-refractivity contribution in [3.05, 3.63) is 0 Å². The van der Waals surface area contributed by atoms with Gasteiger partial charge in [0.2, 0.25) is 0 Å². The second kappa shape index (κ2) is 5.99. The van der Waals surface area contributed by atoms with Gasteiger partial charge < -0.3 is 10.1 Å². The first kappa shape index (κ1) is 18.0. The van der Waals surface area contributed by atoms with Gasteiger partial charge >= 0.3 is 21.6 Å². The number of rotatable bonds is 2. The molecule has 1 aliphatic heterocycles. The van der Waals surface area contributed by atoms with Crippen LogP contribution in [0.3, 0.4) is 0 Å². The summed E-state index contributed by atoms with van der Waals surface area (Å²) in [6.45, 7) is 4.48. The Morgan fingerprint density at radius 1 is 1.19 bits per heavy atom.